The van der Waals surface area contributed by atoms with Crippen LogP contribution in [0.25, 0.3) is 0 Å². The van der Waals surface area contributed by atoms with Gasteiger partial charge in [0.05, 0.1) is 24.4 Å². The van der Waals surface area contributed by atoms with Gasteiger partial charge in [0.2, 0.25) is 5.91 Å². The fourth-order valence-electron chi connectivity index (χ4n) is 9.24. The first-order valence-corrected chi connectivity index (χ1v) is 18.0. The third kappa shape index (κ3) is 8.11. The van der Waals surface area contributed by atoms with Gasteiger partial charge in [0.15, 0.2) is 12.1 Å². The quantitative estimate of drug-likeness (QED) is 0.304. The molecule has 0 aliphatic carbocycles. The van der Waals surface area contributed by atoms with Crippen LogP contribution < -0.4 is 5.32 Å². The number of aliphatic hydroxyl groups excluding tert-OH is 1. The van der Waals surface area contributed by atoms with Gasteiger partial charge in [-0.05, 0) is 106 Å². The highest BCUT2D eigenvalue weighted by Crippen LogP contribution is 2.42. The van der Waals surface area contributed by atoms with Crippen LogP contribution >= 0.6 is 0 Å². The second-order valence-corrected chi connectivity index (χ2v) is 16.3. The Balaban J connectivity index is 1.64. The normalized spacial score (nSPS) is 41.8. The van der Waals surface area contributed by atoms with Crippen molar-refractivity contribution in [2.45, 2.75) is 134 Å². The van der Waals surface area contributed by atoms with Gasteiger partial charge in [-0.15, -0.1) is 0 Å². The SMILES string of the molecule is CNCC(=O)N1[C@@H]2CC[C@H]1CC([C@@H]1COC(=O)C(C)(C)C(=O)[C@H](C)[C@@H](O[C@@H]3O[C@H](C)C[C@H](N(C)C)[C@H]3O)[C@](C)(OC)C[C@@H](C)CN1C)C2. The molecule has 4 fully saturated rings. The Bertz CT molecular complexity index is 1120. The van der Waals surface area contributed by atoms with Gasteiger partial charge in [-0.2, -0.15) is 0 Å². The summed E-state index contributed by atoms with van der Waals surface area (Å²) in [5.41, 5.74) is -2.40. The number of fused-ring (bicyclic) bond motifs is 2. The highest BCUT2D eigenvalue weighted by atomic mass is 16.7. The highest BCUT2D eigenvalue weighted by Gasteiger charge is 2.52. The second kappa shape index (κ2) is 15.7. The number of nitrogens with one attached hydrogen (secondary N) is 1. The van der Waals surface area contributed by atoms with Crippen molar-refractivity contribution in [3.63, 3.8) is 0 Å². The van der Waals surface area contributed by atoms with Crippen LogP contribution in [0.1, 0.15) is 80.1 Å². The average molecular weight is 681 g/mol. The number of aliphatic hydroxyl groups is 1. The van der Waals surface area contributed by atoms with Gasteiger partial charge < -0.3 is 39.2 Å². The Hall–Kier alpha value is -1.67. The third-order valence-electron chi connectivity index (χ3n) is 11.9. The van der Waals surface area contributed by atoms with Crippen LogP contribution in [-0.2, 0) is 33.3 Å². The van der Waals surface area contributed by atoms with Crippen LogP contribution in [-0.4, -0.2) is 147 Å². The third-order valence-corrected chi connectivity index (χ3v) is 11.9. The van der Waals surface area contributed by atoms with E-state index in [0.717, 1.165) is 25.7 Å². The molecule has 276 valence electrons. The molecular formula is C36H64N4O8. The molecule has 4 heterocycles. The summed E-state index contributed by atoms with van der Waals surface area (Å²) in [4.78, 5) is 47.4. The van der Waals surface area contributed by atoms with Gasteiger partial charge in [0.25, 0.3) is 0 Å². The minimum Gasteiger partial charge on any atom is -0.463 e. The standard InChI is InChI=1S/C36H64N4O8/c1-21-17-36(6,45-11)32(48-33-30(42)27(38(8)9)14-22(2)47-33)23(3)31(43)35(4,5)34(44)46-20-28(39(10)19-21)24-15-25-12-13-26(16-24)40(25)29(41)18-37-7/h21-28,30,32-33,37,42H,12-20H2,1-11H3/t21-,22-,23+,24?,25-,26+,27+,28+,30-,32-,33+,36-/m1/s1. The summed E-state index contributed by atoms with van der Waals surface area (Å²) in [6, 6.07) is 0.108. The zero-order chi connectivity index (χ0) is 35.7. The number of rotatable bonds is 7. The molecule has 4 rings (SSSR count). The number of Topliss-reactive ketones (excluding diaryl/α,β-unsaturated/α-hetero) is 1. The highest BCUT2D eigenvalue weighted by molar-refractivity contribution is 6.04. The van der Waals surface area contributed by atoms with E-state index in [9.17, 15) is 19.5 Å². The van der Waals surface area contributed by atoms with Crippen LogP contribution in [0.5, 0.6) is 0 Å². The number of carbonyl (C=O) groups excluding carboxylic acids is 3. The van der Waals surface area contributed by atoms with E-state index in [1.54, 1.807) is 34.9 Å². The molecule has 0 aromatic heterocycles. The van der Waals surface area contributed by atoms with Crippen molar-refractivity contribution in [3.8, 4) is 0 Å². The molecule has 4 aliphatic rings. The molecule has 0 aromatic rings. The summed E-state index contributed by atoms with van der Waals surface area (Å²) < 4.78 is 25.1. The van der Waals surface area contributed by atoms with Crippen LogP contribution in [0, 0.1) is 23.2 Å². The number of carbonyl (C=O) groups is 3. The summed E-state index contributed by atoms with van der Waals surface area (Å²) in [6.07, 6.45) is 1.98. The van der Waals surface area contributed by atoms with Crippen molar-refractivity contribution in [1.29, 1.82) is 0 Å². The molecule has 48 heavy (non-hydrogen) atoms. The smallest absolute Gasteiger partial charge is 0.319 e. The summed E-state index contributed by atoms with van der Waals surface area (Å²) in [6.45, 7) is 12.3. The predicted molar refractivity (Wildman–Crippen MR) is 182 cm³/mol. The van der Waals surface area contributed by atoms with E-state index < -0.39 is 41.4 Å². The van der Waals surface area contributed by atoms with Gasteiger partial charge >= 0.3 is 5.97 Å². The molecule has 0 radical (unpaired) electrons. The van der Waals surface area contributed by atoms with Crippen molar-refractivity contribution in [2.75, 3.05) is 55.0 Å². The number of methoxy groups -OCH3 is 1. The number of ketones is 1. The molecule has 1 amide bonds. The number of ether oxygens (including phenoxy) is 4. The molecule has 0 spiro atoms. The van der Waals surface area contributed by atoms with Crippen molar-refractivity contribution in [1.82, 2.24) is 20.0 Å². The van der Waals surface area contributed by atoms with Crippen LogP contribution in [0.4, 0.5) is 0 Å². The number of cyclic esters (lactones) is 1. The first kappa shape index (κ1) is 39.1. The Kier molecular flexibility index (Phi) is 12.8. The van der Waals surface area contributed by atoms with E-state index in [-0.39, 0.29) is 60.4 Å². The average Bonchev–Trinajstić information content (AvgIpc) is 3.29. The molecule has 12 nitrogen and oxygen atoms in total. The molecule has 2 N–H and O–H groups in total. The lowest BCUT2D eigenvalue weighted by molar-refractivity contribution is -0.295. The maximum atomic E-state index is 14.3. The number of hydrogen-bond acceptors (Lipinski definition) is 11. The largest absolute Gasteiger partial charge is 0.463 e. The van der Waals surface area contributed by atoms with Gasteiger partial charge in [-0.1, -0.05) is 13.8 Å². The van der Waals surface area contributed by atoms with Crippen molar-refractivity contribution < 1.29 is 38.4 Å². The number of likely N-dealkylation sites (N-methyl/N-ethyl adjacent to an activating group) is 3. The minimum atomic E-state index is -1.45. The van der Waals surface area contributed by atoms with E-state index in [2.05, 4.69) is 29.1 Å². The van der Waals surface area contributed by atoms with Crippen LogP contribution in [0.3, 0.4) is 0 Å². The topological polar surface area (TPSA) is 130 Å². The number of piperidine rings is 1. The molecular weight excluding hydrogens is 616 g/mol. The summed E-state index contributed by atoms with van der Waals surface area (Å²) in [5, 5.41) is 14.4. The van der Waals surface area contributed by atoms with E-state index in [1.807, 2.05) is 32.8 Å². The molecule has 4 saturated heterocycles. The molecule has 0 saturated carbocycles. The van der Waals surface area contributed by atoms with E-state index in [4.69, 9.17) is 18.9 Å². The van der Waals surface area contributed by atoms with E-state index >= 15 is 0 Å². The molecule has 0 aromatic carbocycles. The fourth-order valence-corrected chi connectivity index (χ4v) is 9.24. The number of esters is 1. The van der Waals surface area contributed by atoms with Crippen molar-refractivity contribution in [3.05, 3.63) is 0 Å². The first-order chi connectivity index (χ1) is 22.4. The van der Waals surface area contributed by atoms with Gasteiger partial charge in [-0.25, -0.2) is 0 Å². The van der Waals surface area contributed by atoms with E-state index in [0.29, 0.717) is 25.9 Å². The Morgan fingerprint density at radius 1 is 1.08 bits per heavy atom. The van der Waals surface area contributed by atoms with Gasteiger partial charge in [0, 0.05) is 43.7 Å². The van der Waals surface area contributed by atoms with Crippen LogP contribution in [0.15, 0.2) is 0 Å². The molecule has 4 aliphatic heterocycles. The molecule has 2 bridgehead atoms. The Morgan fingerprint density at radius 2 is 1.71 bits per heavy atom. The number of nitrogens with zero attached hydrogens (tertiary/aromatic N) is 3. The predicted octanol–water partition coefficient (Wildman–Crippen LogP) is 2.31. The fraction of sp³-hybridized carbons (Fsp3) is 0.917. The molecule has 12 heteroatoms. The zero-order valence-corrected chi connectivity index (χ0v) is 31.4. The minimum absolute atomic E-state index is 0.0683. The summed E-state index contributed by atoms with van der Waals surface area (Å²) >= 11 is 0. The summed E-state index contributed by atoms with van der Waals surface area (Å²) in [5.74, 6) is -1.16. The molecule has 12 atom stereocenters. The van der Waals surface area contributed by atoms with E-state index in [1.165, 1.54) is 0 Å². The lowest BCUT2D eigenvalue weighted by Gasteiger charge is -2.47. The monoisotopic (exact) mass is 680 g/mol. The van der Waals surface area contributed by atoms with Crippen molar-refractivity contribution >= 4 is 17.7 Å². The number of hydrogen-bond donors (Lipinski definition) is 2. The lowest BCUT2D eigenvalue weighted by Crippen LogP contribution is -2.59. The summed E-state index contributed by atoms with van der Waals surface area (Å²) in [7, 11) is 9.36. The van der Waals surface area contributed by atoms with Crippen molar-refractivity contribution in [2.24, 2.45) is 23.2 Å². The lowest BCUT2D eigenvalue weighted by atomic mass is 9.74. The number of amides is 1. The maximum Gasteiger partial charge on any atom is 0.319 e. The Labute approximate surface area is 288 Å². The first-order valence-electron chi connectivity index (χ1n) is 18.0. The van der Waals surface area contributed by atoms with Crippen LogP contribution in [0.2, 0.25) is 0 Å². The molecule has 1 unspecified atom stereocenters. The second-order valence-electron chi connectivity index (χ2n) is 16.3. The Morgan fingerprint density at radius 3 is 2.27 bits per heavy atom. The zero-order valence-electron chi connectivity index (χ0n) is 31.4. The van der Waals surface area contributed by atoms with Gasteiger partial charge in [-0.3, -0.25) is 19.3 Å². The van der Waals surface area contributed by atoms with Gasteiger partial charge in [0.1, 0.15) is 18.1 Å². The maximum absolute atomic E-state index is 14.3.